The topological polar surface area (TPSA) is 34.2 Å². The highest BCUT2D eigenvalue weighted by Crippen LogP contribution is 2.29. The summed E-state index contributed by atoms with van der Waals surface area (Å²) in [6, 6.07) is 6.60. The fourth-order valence-electron chi connectivity index (χ4n) is 1.76. The van der Waals surface area contributed by atoms with Crippen LogP contribution in [0.4, 0.5) is 4.39 Å². The second-order valence-electron chi connectivity index (χ2n) is 4.40. The van der Waals surface area contributed by atoms with Gasteiger partial charge in [0.15, 0.2) is 11.6 Å². The molecule has 0 fully saturated rings. The molecule has 1 aromatic heterocycles. The molecule has 0 unspecified atom stereocenters. The first-order valence-corrected chi connectivity index (χ1v) is 6.77. The molecule has 0 spiro atoms. The largest absolute Gasteiger partial charge is 0.436 e. The van der Waals surface area contributed by atoms with Gasteiger partial charge in [-0.2, -0.15) is 0 Å². The second-order valence-corrected chi connectivity index (χ2v) is 4.81. The third kappa shape index (κ3) is 3.46. The number of benzene rings is 1. The molecule has 0 aliphatic carbocycles. The van der Waals surface area contributed by atoms with Crippen molar-refractivity contribution in [1.82, 2.24) is 10.3 Å². The lowest BCUT2D eigenvalue weighted by molar-refractivity contribution is 0.424. The van der Waals surface area contributed by atoms with Crippen LogP contribution in [0.3, 0.4) is 0 Å². The highest BCUT2D eigenvalue weighted by molar-refractivity contribution is 6.30. The molecule has 5 heteroatoms. The zero-order chi connectivity index (χ0) is 14.5. The Hall–Kier alpha value is -1.65. The Balaban J connectivity index is 2.19. The summed E-state index contributed by atoms with van der Waals surface area (Å²) in [5, 5.41) is 3.25. The molecule has 0 bridgehead atoms. The van der Waals surface area contributed by atoms with Crippen molar-refractivity contribution in [3.8, 4) is 11.6 Å². The van der Waals surface area contributed by atoms with E-state index < -0.39 is 5.82 Å². The SMILES string of the molecule is CCNCc1cnc(Oc2cccc(Cl)c2F)c(C)c1. The summed E-state index contributed by atoms with van der Waals surface area (Å²) in [5.41, 5.74) is 1.91. The van der Waals surface area contributed by atoms with Gasteiger partial charge in [0.1, 0.15) is 0 Å². The molecule has 0 radical (unpaired) electrons. The molecular formula is C15H16ClFN2O. The standard InChI is InChI=1S/C15H16ClFN2O/c1-3-18-8-11-7-10(2)15(19-9-11)20-13-6-4-5-12(16)14(13)17/h4-7,9,18H,3,8H2,1-2H3. The number of ether oxygens (including phenoxy) is 1. The molecular weight excluding hydrogens is 279 g/mol. The van der Waals surface area contributed by atoms with E-state index in [4.69, 9.17) is 16.3 Å². The van der Waals surface area contributed by atoms with Crippen LogP contribution in [0.15, 0.2) is 30.5 Å². The highest BCUT2D eigenvalue weighted by Gasteiger charge is 2.11. The van der Waals surface area contributed by atoms with Crippen molar-refractivity contribution < 1.29 is 9.13 Å². The fourth-order valence-corrected chi connectivity index (χ4v) is 1.93. The summed E-state index contributed by atoms with van der Waals surface area (Å²) >= 11 is 5.72. The smallest absolute Gasteiger partial charge is 0.222 e. The molecule has 1 N–H and O–H groups in total. The normalized spacial score (nSPS) is 10.6. The molecule has 0 saturated heterocycles. The summed E-state index contributed by atoms with van der Waals surface area (Å²) in [7, 11) is 0. The molecule has 0 saturated carbocycles. The monoisotopic (exact) mass is 294 g/mol. The van der Waals surface area contributed by atoms with Crippen LogP contribution in [0.2, 0.25) is 5.02 Å². The number of nitrogens with one attached hydrogen (secondary N) is 1. The average Bonchev–Trinajstić information content (AvgIpc) is 2.44. The van der Waals surface area contributed by atoms with Crippen molar-refractivity contribution in [2.24, 2.45) is 0 Å². The summed E-state index contributed by atoms with van der Waals surface area (Å²) < 4.78 is 19.3. The molecule has 1 aromatic carbocycles. The van der Waals surface area contributed by atoms with Crippen molar-refractivity contribution in [3.63, 3.8) is 0 Å². The maximum absolute atomic E-state index is 13.8. The predicted octanol–water partition coefficient (Wildman–Crippen LogP) is 4.08. The Morgan fingerprint density at radius 3 is 2.90 bits per heavy atom. The van der Waals surface area contributed by atoms with E-state index in [1.54, 1.807) is 12.3 Å². The van der Waals surface area contributed by atoms with E-state index in [1.165, 1.54) is 12.1 Å². The van der Waals surface area contributed by atoms with E-state index in [-0.39, 0.29) is 10.8 Å². The van der Waals surface area contributed by atoms with Crippen LogP contribution in [-0.2, 0) is 6.54 Å². The molecule has 0 amide bonds. The van der Waals surface area contributed by atoms with Gasteiger partial charge >= 0.3 is 0 Å². The zero-order valence-electron chi connectivity index (χ0n) is 11.4. The number of pyridine rings is 1. The van der Waals surface area contributed by atoms with Gasteiger partial charge in [-0.15, -0.1) is 0 Å². The lowest BCUT2D eigenvalue weighted by Gasteiger charge is -2.10. The van der Waals surface area contributed by atoms with E-state index in [1.807, 2.05) is 19.9 Å². The number of hydrogen-bond acceptors (Lipinski definition) is 3. The van der Waals surface area contributed by atoms with Crippen molar-refractivity contribution in [3.05, 3.63) is 52.4 Å². The number of hydrogen-bond donors (Lipinski definition) is 1. The quantitative estimate of drug-likeness (QED) is 0.902. The molecule has 20 heavy (non-hydrogen) atoms. The number of aromatic nitrogens is 1. The van der Waals surface area contributed by atoms with E-state index in [0.29, 0.717) is 5.88 Å². The fraction of sp³-hybridized carbons (Fsp3) is 0.267. The van der Waals surface area contributed by atoms with Crippen LogP contribution >= 0.6 is 11.6 Å². The van der Waals surface area contributed by atoms with Crippen molar-refractivity contribution in [2.75, 3.05) is 6.54 Å². The van der Waals surface area contributed by atoms with Gasteiger partial charge in [-0.05, 0) is 37.2 Å². The Labute approximate surface area is 122 Å². The van der Waals surface area contributed by atoms with Crippen molar-refractivity contribution in [1.29, 1.82) is 0 Å². The minimum Gasteiger partial charge on any atom is -0.436 e. The molecule has 0 aliphatic rings. The van der Waals surface area contributed by atoms with Gasteiger partial charge in [-0.3, -0.25) is 0 Å². The number of rotatable bonds is 5. The third-order valence-corrected chi connectivity index (χ3v) is 3.08. The molecule has 106 valence electrons. The predicted molar refractivity (Wildman–Crippen MR) is 77.8 cm³/mol. The van der Waals surface area contributed by atoms with Crippen LogP contribution in [-0.4, -0.2) is 11.5 Å². The first kappa shape index (κ1) is 14.8. The molecule has 0 aliphatic heterocycles. The number of halogens is 2. The van der Waals surface area contributed by atoms with Gasteiger partial charge in [0.05, 0.1) is 5.02 Å². The Bertz CT molecular complexity index is 604. The van der Waals surface area contributed by atoms with Gasteiger partial charge < -0.3 is 10.1 Å². The van der Waals surface area contributed by atoms with Crippen molar-refractivity contribution in [2.45, 2.75) is 20.4 Å². The Morgan fingerprint density at radius 1 is 1.40 bits per heavy atom. The Morgan fingerprint density at radius 2 is 2.20 bits per heavy atom. The maximum Gasteiger partial charge on any atom is 0.222 e. The molecule has 2 rings (SSSR count). The first-order valence-electron chi connectivity index (χ1n) is 6.40. The third-order valence-electron chi connectivity index (χ3n) is 2.79. The van der Waals surface area contributed by atoms with Crippen LogP contribution in [0.5, 0.6) is 11.6 Å². The molecule has 1 heterocycles. The van der Waals surface area contributed by atoms with Crippen LogP contribution in [0.25, 0.3) is 0 Å². The van der Waals surface area contributed by atoms with E-state index in [9.17, 15) is 4.39 Å². The highest BCUT2D eigenvalue weighted by atomic mass is 35.5. The van der Waals surface area contributed by atoms with E-state index in [2.05, 4.69) is 10.3 Å². The summed E-state index contributed by atoms with van der Waals surface area (Å²) in [5.74, 6) is -0.119. The molecule has 2 aromatic rings. The Kier molecular flexibility index (Phi) is 4.93. The molecule has 0 atom stereocenters. The summed E-state index contributed by atoms with van der Waals surface area (Å²) in [6.45, 7) is 5.56. The summed E-state index contributed by atoms with van der Waals surface area (Å²) in [4.78, 5) is 4.23. The van der Waals surface area contributed by atoms with Crippen LogP contribution in [0.1, 0.15) is 18.1 Å². The van der Waals surface area contributed by atoms with Gasteiger partial charge in [0.2, 0.25) is 5.88 Å². The minimum absolute atomic E-state index is 0.0314. The number of nitrogens with zero attached hydrogens (tertiary/aromatic N) is 1. The lowest BCUT2D eigenvalue weighted by atomic mass is 10.2. The van der Waals surface area contributed by atoms with Gasteiger partial charge in [0.25, 0.3) is 0 Å². The summed E-state index contributed by atoms with van der Waals surface area (Å²) in [6.07, 6.45) is 1.72. The van der Waals surface area contributed by atoms with E-state index >= 15 is 0 Å². The number of aryl methyl sites for hydroxylation is 1. The van der Waals surface area contributed by atoms with Gasteiger partial charge in [-0.25, -0.2) is 9.37 Å². The first-order chi connectivity index (χ1) is 9.61. The zero-order valence-corrected chi connectivity index (χ0v) is 12.2. The van der Waals surface area contributed by atoms with Crippen LogP contribution in [0, 0.1) is 12.7 Å². The van der Waals surface area contributed by atoms with E-state index in [0.717, 1.165) is 24.2 Å². The van der Waals surface area contributed by atoms with Crippen LogP contribution < -0.4 is 10.1 Å². The van der Waals surface area contributed by atoms with Gasteiger partial charge in [0, 0.05) is 18.3 Å². The average molecular weight is 295 g/mol. The van der Waals surface area contributed by atoms with Gasteiger partial charge in [-0.1, -0.05) is 24.6 Å². The van der Waals surface area contributed by atoms with Crippen molar-refractivity contribution >= 4 is 11.6 Å². The second kappa shape index (κ2) is 6.68. The maximum atomic E-state index is 13.8. The minimum atomic E-state index is -0.577. The molecule has 3 nitrogen and oxygen atoms in total. The lowest BCUT2D eigenvalue weighted by Crippen LogP contribution is -2.12.